The third-order valence-electron chi connectivity index (χ3n) is 6.71. The van der Waals surface area contributed by atoms with Gasteiger partial charge in [0, 0.05) is 21.7 Å². The molecule has 2 N–H and O–H groups in total. The van der Waals surface area contributed by atoms with Gasteiger partial charge in [-0.25, -0.2) is 0 Å². The van der Waals surface area contributed by atoms with E-state index in [1.54, 1.807) is 0 Å². The van der Waals surface area contributed by atoms with E-state index in [1.807, 2.05) is 54.0 Å². The molecule has 0 aliphatic rings. The zero-order valence-electron chi connectivity index (χ0n) is 28.5. The smallest absolute Gasteiger partial charge is 0.205 e. The Morgan fingerprint density at radius 2 is 1.18 bits per heavy atom. The van der Waals surface area contributed by atoms with Crippen LogP contribution in [-0.2, 0) is 6.42 Å². The standard InChI is InChI=1S/C30H54B6O4/c1-18(2)11-10-12-19(3)15-27(6,7)14-13-20(4)16-28(8,9)17-22-21(5)23(37)25(39-29(31,32)33)26(24(22)38)40-30(34,35)36/h11,15-16,37-38H,10,12-14,17,31-36H2,1-9H3/b19-15+,20-16+. The van der Waals surface area contributed by atoms with Crippen molar-refractivity contribution in [2.24, 2.45) is 10.8 Å². The maximum absolute atomic E-state index is 11.5. The normalized spacial score (nSPS) is 13.7. The lowest BCUT2D eigenvalue weighted by Crippen LogP contribution is -2.40. The summed E-state index contributed by atoms with van der Waals surface area (Å²) in [6.07, 6.45) is 11.9. The molecule has 216 valence electrons. The molecule has 0 aliphatic heterocycles. The van der Waals surface area contributed by atoms with Gasteiger partial charge in [0.25, 0.3) is 0 Å². The van der Waals surface area contributed by atoms with Crippen molar-refractivity contribution in [2.45, 2.75) is 105 Å². The van der Waals surface area contributed by atoms with E-state index in [4.69, 9.17) is 9.47 Å². The van der Waals surface area contributed by atoms with E-state index in [1.165, 1.54) is 16.7 Å². The Hall–Kier alpha value is -1.97. The van der Waals surface area contributed by atoms with Gasteiger partial charge in [0.05, 0.1) is 0 Å². The topological polar surface area (TPSA) is 58.9 Å². The number of hydrogen-bond acceptors (Lipinski definition) is 4. The van der Waals surface area contributed by atoms with Gasteiger partial charge in [-0.15, -0.1) is 0 Å². The molecule has 0 atom stereocenters. The predicted octanol–water partition coefficient (Wildman–Crippen LogP) is 2.20. The molecule has 0 fully saturated rings. The second-order valence-corrected chi connectivity index (χ2v) is 15.3. The number of rotatable bonds is 14. The molecule has 0 aliphatic carbocycles. The SMILES string of the molecule is BC(B)(B)Oc1c(O)c(C)c(CC(C)(C)/C=C(\C)CCC(C)(C)/C=C(\C)CCC=C(C)C)c(O)c1OC(B)(B)B. The molecule has 40 heavy (non-hydrogen) atoms. The van der Waals surface area contributed by atoms with Crippen LogP contribution in [0.1, 0.15) is 92.2 Å². The molecule has 0 saturated carbocycles. The van der Waals surface area contributed by atoms with Crippen molar-refractivity contribution < 1.29 is 19.7 Å². The lowest BCUT2D eigenvalue weighted by atomic mass is 9.52. The average molecular weight is 544 g/mol. The van der Waals surface area contributed by atoms with Crippen LogP contribution in [-0.4, -0.2) is 67.9 Å². The van der Waals surface area contributed by atoms with Crippen LogP contribution in [0, 0.1) is 17.8 Å². The zero-order chi connectivity index (χ0) is 31.3. The summed E-state index contributed by atoms with van der Waals surface area (Å²) < 4.78 is 12.3. The first kappa shape index (κ1) is 36.1. The highest BCUT2D eigenvalue weighted by Crippen LogP contribution is 2.51. The van der Waals surface area contributed by atoms with Crippen molar-refractivity contribution in [3.63, 3.8) is 0 Å². The Balaban J connectivity index is 3.24. The highest BCUT2D eigenvalue weighted by Gasteiger charge is 2.31. The number of aromatic hydroxyl groups is 2. The third-order valence-corrected chi connectivity index (χ3v) is 6.71. The number of hydrogen-bond donors (Lipinski definition) is 2. The zero-order valence-corrected chi connectivity index (χ0v) is 28.5. The van der Waals surface area contributed by atoms with Crippen molar-refractivity contribution >= 4 is 47.1 Å². The maximum Gasteiger partial charge on any atom is 0.205 e. The van der Waals surface area contributed by atoms with Gasteiger partial charge in [-0.3, -0.25) is 0 Å². The molecule has 4 nitrogen and oxygen atoms in total. The van der Waals surface area contributed by atoms with Crippen molar-refractivity contribution in [3.05, 3.63) is 46.1 Å². The van der Waals surface area contributed by atoms with Crippen LogP contribution in [0.4, 0.5) is 0 Å². The summed E-state index contributed by atoms with van der Waals surface area (Å²) in [6, 6.07) is 0. The van der Waals surface area contributed by atoms with Crippen molar-refractivity contribution in [1.29, 1.82) is 0 Å². The number of phenolic OH excluding ortho intramolecular Hbond substituents is 2. The van der Waals surface area contributed by atoms with E-state index in [0.717, 1.165) is 25.7 Å². The Morgan fingerprint density at radius 1 is 0.725 bits per heavy atom. The molecule has 0 unspecified atom stereocenters. The van der Waals surface area contributed by atoms with Gasteiger partial charge >= 0.3 is 0 Å². The van der Waals surface area contributed by atoms with Crippen molar-refractivity contribution in [1.82, 2.24) is 0 Å². The summed E-state index contributed by atoms with van der Waals surface area (Å²) >= 11 is 0. The van der Waals surface area contributed by atoms with E-state index in [2.05, 4.69) is 73.6 Å². The fourth-order valence-corrected chi connectivity index (χ4v) is 5.03. The Bertz CT molecular complexity index is 1120. The van der Waals surface area contributed by atoms with Gasteiger partial charge in [-0.2, -0.15) is 0 Å². The first-order valence-corrected chi connectivity index (χ1v) is 14.9. The Labute approximate surface area is 251 Å². The highest BCUT2D eigenvalue weighted by molar-refractivity contribution is 6.59. The molecular formula is C30H54B6O4. The Kier molecular flexibility index (Phi) is 12.4. The molecule has 0 saturated heterocycles. The van der Waals surface area contributed by atoms with Gasteiger partial charge in [0.2, 0.25) is 11.5 Å². The molecule has 1 rings (SSSR count). The lowest BCUT2D eigenvalue weighted by Gasteiger charge is -2.31. The Morgan fingerprint density at radius 3 is 1.65 bits per heavy atom. The fraction of sp³-hybridized carbons (Fsp3) is 0.600. The molecule has 0 bridgehead atoms. The molecule has 1 aromatic rings. The predicted molar refractivity (Wildman–Crippen MR) is 189 cm³/mol. The van der Waals surface area contributed by atoms with Crippen LogP contribution >= 0.6 is 0 Å². The van der Waals surface area contributed by atoms with Crippen LogP contribution in [0.5, 0.6) is 23.0 Å². The van der Waals surface area contributed by atoms with Crippen LogP contribution in [0.2, 0.25) is 0 Å². The minimum Gasteiger partial charge on any atom is -0.507 e. The molecule has 1 aromatic carbocycles. The van der Waals surface area contributed by atoms with Crippen LogP contribution in [0.15, 0.2) is 34.9 Å². The highest BCUT2D eigenvalue weighted by atomic mass is 16.5. The maximum atomic E-state index is 11.5. The molecule has 0 radical (unpaired) electrons. The largest absolute Gasteiger partial charge is 0.507 e. The van der Waals surface area contributed by atoms with E-state index in [9.17, 15) is 10.2 Å². The van der Waals surface area contributed by atoms with Gasteiger partial charge < -0.3 is 19.7 Å². The number of ether oxygens (including phenoxy) is 2. The summed E-state index contributed by atoms with van der Waals surface area (Å²) in [7, 11) is 11.5. The van der Waals surface area contributed by atoms with Crippen molar-refractivity contribution in [2.75, 3.05) is 0 Å². The third kappa shape index (κ3) is 12.7. The first-order valence-electron chi connectivity index (χ1n) is 14.9. The second kappa shape index (κ2) is 13.8. The number of phenols is 2. The van der Waals surface area contributed by atoms with Crippen LogP contribution < -0.4 is 9.47 Å². The van der Waals surface area contributed by atoms with Crippen LogP contribution in [0.25, 0.3) is 0 Å². The molecular weight excluding hydrogens is 489 g/mol. The van der Waals surface area contributed by atoms with E-state index in [-0.39, 0.29) is 33.8 Å². The fourth-order valence-electron chi connectivity index (χ4n) is 5.03. The van der Waals surface area contributed by atoms with Gasteiger partial charge in [0.1, 0.15) is 47.1 Å². The van der Waals surface area contributed by atoms with E-state index >= 15 is 0 Å². The quantitative estimate of drug-likeness (QED) is 0.215. The molecule has 0 spiro atoms. The molecule has 10 heteroatoms. The summed E-state index contributed by atoms with van der Waals surface area (Å²) in [5.74, 6) is 0.452. The van der Waals surface area contributed by atoms with Gasteiger partial charge in [-0.05, 0) is 77.6 Å². The molecule has 0 aromatic heterocycles. The van der Waals surface area contributed by atoms with Crippen LogP contribution in [0.3, 0.4) is 0 Å². The lowest BCUT2D eigenvalue weighted by molar-refractivity contribution is 0.244. The average Bonchev–Trinajstić information content (AvgIpc) is 2.74. The van der Waals surface area contributed by atoms with E-state index in [0.29, 0.717) is 17.5 Å². The minimum absolute atomic E-state index is 0.0203. The summed E-state index contributed by atoms with van der Waals surface area (Å²) in [5.41, 5.74) is 5.33. The monoisotopic (exact) mass is 544 g/mol. The minimum atomic E-state index is -0.580. The summed E-state index contributed by atoms with van der Waals surface area (Å²) in [6.45, 7) is 19.6. The van der Waals surface area contributed by atoms with E-state index < -0.39 is 10.6 Å². The van der Waals surface area contributed by atoms with Gasteiger partial charge in [-0.1, -0.05) is 62.6 Å². The number of allylic oxidation sites excluding steroid dienone is 6. The molecule has 0 amide bonds. The molecule has 0 heterocycles. The van der Waals surface area contributed by atoms with Gasteiger partial charge in [0.15, 0.2) is 11.5 Å². The first-order chi connectivity index (χ1) is 17.9. The van der Waals surface area contributed by atoms with Crippen molar-refractivity contribution in [3.8, 4) is 23.0 Å². The summed E-state index contributed by atoms with van der Waals surface area (Å²) in [5, 5.41) is 21.5. The number of benzene rings is 1. The second-order valence-electron chi connectivity index (χ2n) is 15.3. The summed E-state index contributed by atoms with van der Waals surface area (Å²) in [4.78, 5) is 0.